The number of methoxy groups -OCH3 is 1. The molecule has 0 saturated heterocycles. The number of aliphatic hydroxyl groups excluding tert-OH is 1. The molecule has 4 heteroatoms. The van der Waals surface area contributed by atoms with Crippen molar-refractivity contribution in [2.75, 3.05) is 7.11 Å². The van der Waals surface area contributed by atoms with E-state index in [1.165, 1.54) is 0 Å². The van der Waals surface area contributed by atoms with E-state index in [0.29, 0.717) is 6.42 Å². The lowest BCUT2D eigenvalue weighted by Gasteiger charge is -2.41. The molecule has 0 spiro atoms. The van der Waals surface area contributed by atoms with Crippen molar-refractivity contribution in [1.82, 2.24) is 0 Å². The highest BCUT2D eigenvalue weighted by Crippen LogP contribution is 2.42. The molecule has 1 aliphatic rings. The van der Waals surface area contributed by atoms with Gasteiger partial charge in [-0.2, -0.15) is 0 Å². The van der Waals surface area contributed by atoms with E-state index in [2.05, 4.69) is 0 Å². The Bertz CT molecular complexity index is 397. The van der Waals surface area contributed by atoms with Gasteiger partial charge in [-0.05, 0) is 37.5 Å². The summed E-state index contributed by atoms with van der Waals surface area (Å²) in [5.41, 5.74) is -0.355. The van der Waals surface area contributed by atoms with Crippen molar-refractivity contribution in [3.8, 4) is 0 Å². The number of benzene rings is 1. The average Bonchev–Trinajstić information content (AvgIpc) is 2.26. The lowest BCUT2D eigenvalue weighted by Crippen LogP contribution is -2.40. The molecule has 1 aromatic carbocycles. The summed E-state index contributed by atoms with van der Waals surface area (Å²) in [5.74, 6) is -1.12. The highest BCUT2D eigenvalue weighted by Gasteiger charge is 2.39. The molecule has 1 saturated carbocycles. The molecule has 1 aliphatic carbocycles. The molecule has 0 bridgehead atoms. The van der Waals surface area contributed by atoms with Crippen LogP contribution in [-0.2, 0) is 4.74 Å². The third kappa shape index (κ3) is 2.48. The molecule has 1 aromatic rings. The third-order valence-electron chi connectivity index (χ3n) is 3.58. The van der Waals surface area contributed by atoms with E-state index in [1.54, 1.807) is 7.11 Å². The molecular weight excluding hydrogens is 226 g/mol. The van der Waals surface area contributed by atoms with E-state index in [1.807, 2.05) is 0 Å². The molecule has 94 valence electrons. The Hall–Kier alpha value is -1.00. The Balaban J connectivity index is 2.13. The van der Waals surface area contributed by atoms with Gasteiger partial charge in [-0.25, -0.2) is 8.78 Å². The molecule has 17 heavy (non-hydrogen) atoms. The van der Waals surface area contributed by atoms with Crippen LogP contribution in [0.15, 0.2) is 18.2 Å². The van der Waals surface area contributed by atoms with Gasteiger partial charge >= 0.3 is 0 Å². The summed E-state index contributed by atoms with van der Waals surface area (Å²) in [5, 5.41) is 9.97. The summed E-state index contributed by atoms with van der Waals surface area (Å²) in [6.45, 7) is 0. The predicted molar refractivity (Wildman–Crippen MR) is 59.5 cm³/mol. The largest absolute Gasteiger partial charge is 0.388 e. The first-order valence-corrected chi connectivity index (χ1v) is 5.74. The summed E-state index contributed by atoms with van der Waals surface area (Å²) in [7, 11) is 1.59. The van der Waals surface area contributed by atoms with Crippen LogP contribution in [0.1, 0.15) is 37.4 Å². The third-order valence-corrected chi connectivity index (χ3v) is 3.58. The first kappa shape index (κ1) is 12.5. The van der Waals surface area contributed by atoms with Gasteiger partial charge in [-0.1, -0.05) is 0 Å². The zero-order valence-electron chi connectivity index (χ0n) is 9.75. The van der Waals surface area contributed by atoms with E-state index in [0.717, 1.165) is 37.5 Å². The van der Waals surface area contributed by atoms with Gasteiger partial charge in [-0.15, -0.1) is 0 Å². The van der Waals surface area contributed by atoms with Gasteiger partial charge in [0.2, 0.25) is 0 Å². The van der Waals surface area contributed by atoms with Gasteiger partial charge in [0.1, 0.15) is 11.6 Å². The molecule has 1 N–H and O–H groups in total. The Morgan fingerprint density at radius 1 is 1.41 bits per heavy atom. The number of halogens is 2. The summed E-state index contributed by atoms with van der Waals surface area (Å²) in [6.07, 6.45) is 2.05. The van der Waals surface area contributed by atoms with Crippen molar-refractivity contribution in [3.05, 3.63) is 35.4 Å². The van der Waals surface area contributed by atoms with Crippen molar-refractivity contribution in [1.29, 1.82) is 0 Å². The lowest BCUT2D eigenvalue weighted by atomic mass is 9.75. The van der Waals surface area contributed by atoms with E-state index in [-0.39, 0.29) is 11.2 Å². The zero-order valence-corrected chi connectivity index (χ0v) is 9.75. The van der Waals surface area contributed by atoms with Gasteiger partial charge in [0.05, 0.1) is 11.7 Å². The van der Waals surface area contributed by atoms with Crippen LogP contribution in [0.5, 0.6) is 0 Å². The molecule has 0 amide bonds. The van der Waals surface area contributed by atoms with Crippen LogP contribution >= 0.6 is 0 Å². The van der Waals surface area contributed by atoms with Crippen LogP contribution in [0.2, 0.25) is 0 Å². The van der Waals surface area contributed by atoms with E-state index >= 15 is 0 Å². The fourth-order valence-electron chi connectivity index (χ4n) is 2.29. The van der Waals surface area contributed by atoms with Gasteiger partial charge < -0.3 is 9.84 Å². The standard InChI is InChI=1S/C13H16F2O2/c1-17-13(5-2-6-13)8-12(16)10-7-9(14)3-4-11(10)15/h3-4,7,12,16H,2,5-6,8H2,1H3. The Morgan fingerprint density at radius 2 is 2.12 bits per heavy atom. The summed E-state index contributed by atoms with van der Waals surface area (Å²) >= 11 is 0. The van der Waals surface area contributed by atoms with E-state index in [4.69, 9.17) is 4.74 Å². The second kappa shape index (κ2) is 4.70. The number of aliphatic hydroxyl groups is 1. The maximum absolute atomic E-state index is 13.5. The lowest BCUT2D eigenvalue weighted by molar-refractivity contribution is -0.100. The van der Waals surface area contributed by atoms with Crippen LogP contribution < -0.4 is 0 Å². The number of hydrogen-bond donors (Lipinski definition) is 1. The Kier molecular flexibility index (Phi) is 3.45. The molecule has 0 radical (unpaired) electrons. The highest BCUT2D eigenvalue weighted by atomic mass is 19.1. The number of rotatable bonds is 4. The van der Waals surface area contributed by atoms with Crippen molar-refractivity contribution >= 4 is 0 Å². The molecule has 1 fully saturated rings. The second-order valence-electron chi connectivity index (χ2n) is 4.63. The minimum absolute atomic E-state index is 0.00771. The first-order valence-electron chi connectivity index (χ1n) is 5.74. The van der Waals surface area contributed by atoms with Crippen LogP contribution in [0, 0.1) is 11.6 Å². The quantitative estimate of drug-likeness (QED) is 0.879. The number of ether oxygens (including phenoxy) is 1. The van der Waals surface area contributed by atoms with Gasteiger partial charge in [0, 0.05) is 19.1 Å². The highest BCUT2D eigenvalue weighted by molar-refractivity contribution is 5.21. The molecule has 1 unspecified atom stereocenters. The monoisotopic (exact) mass is 242 g/mol. The molecule has 0 heterocycles. The van der Waals surface area contributed by atoms with Crippen LogP contribution in [0.4, 0.5) is 8.78 Å². The molecular formula is C13H16F2O2. The van der Waals surface area contributed by atoms with E-state index in [9.17, 15) is 13.9 Å². The fourth-order valence-corrected chi connectivity index (χ4v) is 2.29. The first-order chi connectivity index (χ1) is 8.06. The van der Waals surface area contributed by atoms with Crippen molar-refractivity contribution in [2.45, 2.75) is 37.4 Å². The Labute approximate surface area is 99.2 Å². The second-order valence-corrected chi connectivity index (χ2v) is 4.63. The summed E-state index contributed by atoms with van der Waals surface area (Å²) in [4.78, 5) is 0. The predicted octanol–water partition coefficient (Wildman–Crippen LogP) is 2.96. The molecule has 1 atom stereocenters. The zero-order chi connectivity index (χ0) is 12.5. The SMILES string of the molecule is COC1(CC(O)c2cc(F)ccc2F)CCC1. The molecule has 0 aromatic heterocycles. The minimum atomic E-state index is -1.02. The van der Waals surface area contributed by atoms with Crippen molar-refractivity contribution in [2.24, 2.45) is 0 Å². The van der Waals surface area contributed by atoms with E-state index < -0.39 is 17.7 Å². The van der Waals surface area contributed by atoms with Gasteiger partial charge in [0.15, 0.2) is 0 Å². The van der Waals surface area contributed by atoms with Gasteiger partial charge in [0.25, 0.3) is 0 Å². The fraction of sp³-hybridized carbons (Fsp3) is 0.538. The topological polar surface area (TPSA) is 29.5 Å². The molecule has 2 nitrogen and oxygen atoms in total. The molecule has 0 aliphatic heterocycles. The Morgan fingerprint density at radius 3 is 2.65 bits per heavy atom. The van der Waals surface area contributed by atoms with Crippen molar-refractivity contribution < 1.29 is 18.6 Å². The smallest absolute Gasteiger partial charge is 0.129 e. The van der Waals surface area contributed by atoms with Crippen LogP contribution in [0.25, 0.3) is 0 Å². The maximum atomic E-state index is 13.5. The van der Waals surface area contributed by atoms with Crippen LogP contribution in [0.3, 0.4) is 0 Å². The minimum Gasteiger partial charge on any atom is -0.388 e. The summed E-state index contributed by atoms with van der Waals surface area (Å²) in [6, 6.07) is 3.12. The maximum Gasteiger partial charge on any atom is 0.129 e. The summed E-state index contributed by atoms with van der Waals surface area (Å²) < 4.78 is 31.8. The number of hydrogen-bond acceptors (Lipinski definition) is 2. The van der Waals surface area contributed by atoms with Gasteiger partial charge in [-0.3, -0.25) is 0 Å². The van der Waals surface area contributed by atoms with Crippen LogP contribution in [-0.4, -0.2) is 17.8 Å². The average molecular weight is 242 g/mol. The van der Waals surface area contributed by atoms with Crippen molar-refractivity contribution in [3.63, 3.8) is 0 Å². The normalized spacial score (nSPS) is 19.8. The molecule has 2 rings (SSSR count).